The fourth-order valence-electron chi connectivity index (χ4n) is 1.78. The van der Waals surface area contributed by atoms with Crippen LogP contribution in [0.1, 0.15) is 31.6 Å². The maximum absolute atomic E-state index is 11.7. The van der Waals surface area contributed by atoms with Crippen molar-refractivity contribution in [3.8, 4) is 0 Å². The number of aliphatic carboxylic acids is 1. The van der Waals surface area contributed by atoms with Crippen molar-refractivity contribution in [3.05, 3.63) is 22.4 Å². The summed E-state index contributed by atoms with van der Waals surface area (Å²) in [6, 6.07) is 3.79. The normalized spacial score (nSPS) is 11.2. The Labute approximate surface area is 111 Å². The summed E-state index contributed by atoms with van der Waals surface area (Å²) in [4.78, 5) is 24.0. The van der Waals surface area contributed by atoms with E-state index >= 15 is 0 Å². The quantitative estimate of drug-likeness (QED) is 0.798. The Morgan fingerprint density at radius 3 is 2.50 bits per heavy atom. The first-order valence-electron chi connectivity index (χ1n) is 6.06. The summed E-state index contributed by atoms with van der Waals surface area (Å²) in [5, 5.41) is 13.9. The summed E-state index contributed by atoms with van der Waals surface area (Å²) in [5.41, 5.74) is -0.842. The van der Waals surface area contributed by atoms with Crippen LogP contribution in [0.2, 0.25) is 0 Å². The Kier molecular flexibility index (Phi) is 5.34. The Morgan fingerprint density at radius 2 is 2.06 bits per heavy atom. The maximum Gasteiger partial charge on any atom is 0.311 e. The van der Waals surface area contributed by atoms with Crippen molar-refractivity contribution in [3.63, 3.8) is 0 Å². The van der Waals surface area contributed by atoms with E-state index in [1.54, 1.807) is 0 Å². The van der Waals surface area contributed by atoms with Crippen molar-refractivity contribution in [1.29, 1.82) is 0 Å². The summed E-state index contributed by atoms with van der Waals surface area (Å²) in [6.07, 6.45) is 1.34. The molecule has 1 aromatic heterocycles. The molecule has 0 unspecified atom stereocenters. The number of nitrogens with one attached hydrogen (secondary N) is 1. The summed E-state index contributed by atoms with van der Waals surface area (Å²) in [5.74, 6) is -0.964. The number of hydrogen-bond acceptors (Lipinski definition) is 3. The van der Waals surface area contributed by atoms with Gasteiger partial charge in [0.2, 0.25) is 5.91 Å². The van der Waals surface area contributed by atoms with E-state index in [-0.39, 0.29) is 12.5 Å². The van der Waals surface area contributed by atoms with Crippen LogP contribution >= 0.6 is 11.3 Å². The second-order valence-corrected chi connectivity index (χ2v) is 5.36. The van der Waals surface area contributed by atoms with Gasteiger partial charge in [-0.2, -0.15) is 0 Å². The molecule has 0 spiro atoms. The molecule has 1 rings (SSSR count). The van der Waals surface area contributed by atoms with E-state index < -0.39 is 11.4 Å². The Hall–Kier alpha value is -1.36. The van der Waals surface area contributed by atoms with Crippen molar-refractivity contribution in [1.82, 2.24) is 5.32 Å². The maximum atomic E-state index is 11.7. The van der Waals surface area contributed by atoms with E-state index in [1.165, 1.54) is 11.3 Å². The number of carboxylic acid groups (broad SMARTS) is 1. The highest BCUT2D eigenvalue weighted by molar-refractivity contribution is 7.10. The zero-order chi connectivity index (χ0) is 13.6. The molecule has 5 heteroatoms. The molecule has 4 nitrogen and oxygen atoms in total. The molecule has 18 heavy (non-hydrogen) atoms. The van der Waals surface area contributed by atoms with Crippen LogP contribution < -0.4 is 5.32 Å². The van der Waals surface area contributed by atoms with Gasteiger partial charge in [0, 0.05) is 11.4 Å². The number of thiophene rings is 1. The predicted molar refractivity (Wildman–Crippen MR) is 71.7 cm³/mol. The van der Waals surface area contributed by atoms with Gasteiger partial charge in [0.1, 0.15) is 0 Å². The monoisotopic (exact) mass is 269 g/mol. The molecular weight excluding hydrogens is 250 g/mol. The van der Waals surface area contributed by atoms with E-state index in [1.807, 2.05) is 31.4 Å². The molecule has 100 valence electrons. The summed E-state index contributed by atoms with van der Waals surface area (Å²) in [7, 11) is 0. The lowest BCUT2D eigenvalue weighted by Gasteiger charge is -2.26. The Balaban J connectivity index is 2.52. The molecule has 0 aliphatic carbocycles. The number of carbonyl (C=O) groups excluding carboxylic acids is 1. The highest BCUT2D eigenvalue weighted by atomic mass is 32.1. The molecular formula is C13H19NO3S. The lowest BCUT2D eigenvalue weighted by atomic mass is 9.82. The van der Waals surface area contributed by atoms with Crippen LogP contribution in [0.4, 0.5) is 0 Å². The summed E-state index contributed by atoms with van der Waals surface area (Å²) >= 11 is 1.53. The molecule has 0 bridgehead atoms. The standard InChI is InChI=1S/C13H19NO3S/c1-3-13(4-2,12(16)17)9-14-11(15)8-10-6-5-7-18-10/h5-7H,3-4,8-9H2,1-2H3,(H,14,15)(H,16,17). The smallest absolute Gasteiger partial charge is 0.311 e. The molecule has 1 heterocycles. The molecule has 1 aromatic rings. The molecule has 0 atom stereocenters. The van der Waals surface area contributed by atoms with E-state index in [0.29, 0.717) is 19.3 Å². The predicted octanol–water partition coefficient (Wildman–Crippen LogP) is 2.30. The minimum absolute atomic E-state index is 0.120. The van der Waals surface area contributed by atoms with Crippen LogP contribution in [-0.4, -0.2) is 23.5 Å². The second-order valence-electron chi connectivity index (χ2n) is 4.33. The van der Waals surface area contributed by atoms with Crippen molar-refractivity contribution in [2.75, 3.05) is 6.54 Å². The van der Waals surface area contributed by atoms with Gasteiger partial charge in [-0.25, -0.2) is 0 Å². The topological polar surface area (TPSA) is 66.4 Å². The van der Waals surface area contributed by atoms with Crippen molar-refractivity contribution in [2.24, 2.45) is 5.41 Å². The first-order chi connectivity index (χ1) is 8.54. The van der Waals surface area contributed by atoms with Crippen LogP contribution in [0.25, 0.3) is 0 Å². The Bertz CT molecular complexity index is 396. The third-order valence-corrected chi connectivity index (χ3v) is 4.22. The third-order valence-electron chi connectivity index (χ3n) is 3.35. The van der Waals surface area contributed by atoms with Crippen LogP contribution in [0.5, 0.6) is 0 Å². The first-order valence-corrected chi connectivity index (χ1v) is 6.94. The van der Waals surface area contributed by atoms with E-state index in [0.717, 1.165) is 4.88 Å². The van der Waals surface area contributed by atoms with Gasteiger partial charge in [0.05, 0.1) is 11.8 Å². The fraction of sp³-hybridized carbons (Fsp3) is 0.538. The molecule has 1 amide bonds. The van der Waals surface area contributed by atoms with E-state index in [4.69, 9.17) is 0 Å². The van der Waals surface area contributed by atoms with Crippen LogP contribution in [0.15, 0.2) is 17.5 Å². The van der Waals surface area contributed by atoms with Gasteiger partial charge >= 0.3 is 5.97 Å². The highest BCUT2D eigenvalue weighted by Crippen LogP contribution is 2.25. The van der Waals surface area contributed by atoms with Gasteiger partial charge in [-0.05, 0) is 24.3 Å². The zero-order valence-electron chi connectivity index (χ0n) is 10.7. The molecule has 0 aliphatic rings. The number of carboxylic acids is 1. The molecule has 0 saturated heterocycles. The van der Waals surface area contributed by atoms with Crippen molar-refractivity contribution < 1.29 is 14.7 Å². The van der Waals surface area contributed by atoms with Gasteiger partial charge in [-0.15, -0.1) is 11.3 Å². The third kappa shape index (κ3) is 3.57. The van der Waals surface area contributed by atoms with Crippen molar-refractivity contribution >= 4 is 23.2 Å². The number of carbonyl (C=O) groups is 2. The molecule has 0 fully saturated rings. The average Bonchev–Trinajstić information content (AvgIpc) is 2.83. The number of rotatable bonds is 7. The summed E-state index contributed by atoms with van der Waals surface area (Å²) < 4.78 is 0. The van der Waals surface area contributed by atoms with Gasteiger partial charge in [-0.1, -0.05) is 19.9 Å². The Morgan fingerprint density at radius 1 is 1.39 bits per heavy atom. The lowest BCUT2D eigenvalue weighted by Crippen LogP contribution is -2.42. The fourth-order valence-corrected chi connectivity index (χ4v) is 2.48. The zero-order valence-corrected chi connectivity index (χ0v) is 11.5. The van der Waals surface area contributed by atoms with Gasteiger partial charge in [0.15, 0.2) is 0 Å². The first kappa shape index (κ1) is 14.7. The number of amides is 1. The molecule has 2 N–H and O–H groups in total. The average molecular weight is 269 g/mol. The van der Waals surface area contributed by atoms with Crippen LogP contribution in [-0.2, 0) is 16.0 Å². The molecule has 0 saturated carbocycles. The SMILES string of the molecule is CCC(CC)(CNC(=O)Cc1cccs1)C(=O)O. The molecule has 0 aliphatic heterocycles. The minimum atomic E-state index is -0.844. The van der Waals surface area contributed by atoms with Crippen LogP contribution in [0.3, 0.4) is 0 Å². The molecule has 0 aromatic carbocycles. The van der Waals surface area contributed by atoms with Gasteiger partial charge in [0.25, 0.3) is 0 Å². The van der Waals surface area contributed by atoms with Gasteiger partial charge in [-0.3, -0.25) is 9.59 Å². The lowest BCUT2D eigenvalue weighted by molar-refractivity contribution is -0.149. The van der Waals surface area contributed by atoms with Crippen LogP contribution in [0, 0.1) is 5.41 Å². The highest BCUT2D eigenvalue weighted by Gasteiger charge is 2.35. The van der Waals surface area contributed by atoms with Gasteiger partial charge < -0.3 is 10.4 Å². The van der Waals surface area contributed by atoms with E-state index in [9.17, 15) is 14.7 Å². The second kappa shape index (κ2) is 6.54. The van der Waals surface area contributed by atoms with Crippen molar-refractivity contribution in [2.45, 2.75) is 33.1 Å². The summed E-state index contributed by atoms with van der Waals surface area (Å²) in [6.45, 7) is 3.87. The molecule has 0 radical (unpaired) electrons. The largest absolute Gasteiger partial charge is 0.481 e. The number of hydrogen-bond donors (Lipinski definition) is 2. The minimum Gasteiger partial charge on any atom is -0.481 e. The van der Waals surface area contributed by atoms with E-state index in [2.05, 4.69) is 5.32 Å².